The Labute approximate surface area is 174 Å². The minimum Gasteiger partial charge on any atom is -0.465 e. The van der Waals surface area contributed by atoms with Crippen LogP contribution in [0, 0.1) is 5.92 Å². The molecule has 0 aliphatic carbocycles. The zero-order chi connectivity index (χ0) is 21.8. The van der Waals surface area contributed by atoms with Crippen LogP contribution in [0.4, 0.5) is 5.69 Å². The van der Waals surface area contributed by atoms with Gasteiger partial charge in [0.2, 0.25) is 5.91 Å². The van der Waals surface area contributed by atoms with Crippen molar-refractivity contribution in [3.05, 3.63) is 24.3 Å². The maximum Gasteiger partial charge on any atom is 0.221 e. The van der Waals surface area contributed by atoms with E-state index in [-0.39, 0.29) is 12.5 Å². The van der Waals surface area contributed by atoms with E-state index in [9.17, 15) is 30.3 Å². The summed E-state index contributed by atoms with van der Waals surface area (Å²) in [5.41, 5.74) is 0.635. The van der Waals surface area contributed by atoms with E-state index in [1.807, 2.05) is 0 Å². The lowest BCUT2D eigenvalue weighted by Gasteiger charge is -2.46. The number of carbonyl (C=O) groups excluding carboxylic acids is 1. The van der Waals surface area contributed by atoms with Gasteiger partial charge >= 0.3 is 0 Å². The van der Waals surface area contributed by atoms with Gasteiger partial charge in [-0.15, -0.1) is 0 Å². The Morgan fingerprint density at radius 1 is 1.00 bits per heavy atom. The summed E-state index contributed by atoms with van der Waals surface area (Å²) >= 11 is 0. The molecule has 10 nitrogen and oxygen atoms in total. The van der Waals surface area contributed by atoms with Gasteiger partial charge in [-0.25, -0.2) is 0 Å². The molecule has 1 amide bonds. The second-order valence-corrected chi connectivity index (χ2v) is 7.64. The highest BCUT2D eigenvalue weighted by Gasteiger charge is 2.49. The first-order valence-electron chi connectivity index (χ1n) is 9.95. The molecule has 0 radical (unpaired) electrons. The van der Waals surface area contributed by atoms with Gasteiger partial charge in [-0.3, -0.25) is 4.79 Å². The molecule has 1 aromatic rings. The van der Waals surface area contributed by atoms with E-state index < -0.39 is 55.4 Å². The fourth-order valence-electron chi connectivity index (χ4n) is 3.98. The van der Waals surface area contributed by atoms with Gasteiger partial charge in [0, 0.05) is 24.9 Å². The molecule has 30 heavy (non-hydrogen) atoms. The second kappa shape index (κ2) is 10.0. The first-order valence-corrected chi connectivity index (χ1v) is 9.95. The Hall–Kier alpha value is -1.79. The minimum absolute atomic E-state index is 0.177. The van der Waals surface area contributed by atoms with Crippen LogP contribution in [-0.2, 0) is 14.3 Å². The summed E-state index contributed by atoms with van der Waals surface area (Å²) in [6.07, 6.45) is -6.71. The zero-order valence-corrected chi connectivity index (χ0v) is 16.6. The number of rotatable bonds is 6. The highest BCUT2D eigenvalue weighted by atomic mass is 16.7. The average Bonchev–Trinajstić information content (AvgIpc) is 2.73. The quantitative estimate of drug-likeness (QED) is 0.334. The zero-order valence-electron chi connectivity index (χ0n) is 16.6. The third-order valence-electron chi connectivity index (χ3n) is 5.51. The molecular formula is C20H29NO9. The predicted octanol–water partition coefficient (Wildman–Crippen LogP) is -1.02. The molecule has 2 aliphatic heterocycles. The number of anilines is 1. The lowest BCUT2D eigenvalue weighted by molar-refractivity contribution is -0.269. The average molecular weight is 427 g/mol. The molecule has 0 bridgehead atoms. The summed E-state index contributed by atoms with van der Waals surface area (Å²) in [5, 5.41) is 52.2. The van der Waals surface area contributed by atoms with E-state index >= 15 is 0 Å². The van der Waals surface area contributed by atoms with Gasteiger partial charge in [-0.05, 0) is 30.7 Å². The number of hydrogen-bond acceptors (Lipinski definition) is 9. The van der Waals surface area contributed by atoms with Crippen molar-refractivity contribution in [3.8, 4) is 5.75 Å². The van der Waals surface area contributed by atoms with E-state index in [1.54, 1.807) is 24.3 Å². The summed E-state index contributed by atoms with van der Waals surface area (Å²) in [4.78, 5) is 11.1. The monoisotopic (exact) mass is 427 g/mol. The molecule has 2 saturated heterocycles. The molecule has 0 spiro atoms. The normalized spacial score (nSPS) is 36.9. The first kappa shape index (κ1) is 22.9. The van der Waals surface area contributed by atoms with Crippen LogP contribution in [0.5, 0.6) is 5.75 Å². The smallest absolute Gasteiger partial charge is 0.221 e. The SMILES string of the molecule is CC(=O)Nc1ccc(O[C@@H]2CCC(C3OC(CO)[C@@H](O)C(O)[C@H]3O)C(CO)O2)cc1. The van der Waals surface area contributed by atoms with Gasteiger partial charge in [-0.1, -0.05) is 0 Å². The molecule has 10 heteroatoms. The van der Waals surface area contributed by atoms with E-state index in [0.29, 0.717) is 24.3 Å². The molecule has 3 rings (SSSR count). The van der Waals surface area contributed by atoms with Gasteiger partial charge < -0.3 is 45.1 Å². The topological polar surface area (TPSA) is 158 Å². The number of benzene rings is 1. The Balaban J connectivity index is 1.62. The number of ether oxygens (including phenoxy) is 3. The highest BCUT2D eigenvalue weighted by Crippen LogP contribution is 2.35. The Morgan fingerprint density at radius 3 is 2.27 bits per heavy atom. The van der Waals surface area contributed by atoms with Crippen molar-refractivity contribution in [2.24, 2.45) is 5.92 Å². The Bertz CT molecular complexity index is 698. The van der Waals surface area contributed by atoms with Gasteiger partial charge in [0.25, 0.3) is 0 Å². The summed E-state index contributed by atoms with van der Waals surface area (Å²) < 4.78 is 17.3. The number of carbonyl (C=O) groups is 1. The second-order valence-electron chi connectivity index (χ2n) is 7.64. The van der Waals surface area contributed by atoms with E-state index in [2.05, 4.69) is 5.32 Å². The van der Waals surface area contributed by atoms with Crippen molar-refractivity contribution in [2.45, 2.75) is 62.7 Å². The van der Waals surface area contributed by atoms with Crippen LogP contribution in [0.2, 0.25) is 0 Å². The van der Waals surface area contributed by atoms with Crippen molar-refractivity contribution in [1.29, 1.82) is 0 Å². The largest absolute Gasteiger partial charge is 0.465 e. The summed E-state index contributed by atoms with van der Waals surface area (Å²) in [6.45, 7) is 0.543. The van der Waals surface area contributed by atoms with Crippen molar-refractivity contribution in [2.75, 3.05) is 18.5 Å². The van der Waals surface area contributed by atoms with Gasteiger partial charge in [-0.2, -0.15) is 0 Å². The van der Waals surface area contributed by atoms with Crippen LogP contribution in [0.15, 0.2) is 24.3 Å². The van der Waals surface area contributed by atoms with Crippen molar-refractivity contribution < 1.29 is 44.5 Å². The van der Waals surface area contributed by atoms with Crippen LogP contribution < -0.4 is 10.1 Å². The molecule has 5 unspecified atom stereocenters. The van der Waals surface area contributed by atoms with Crippen molar-refractivity contribution in [1.82, 2.24) is 0 Å². The molecule has 6 N–H and O–H groups in total. The Morgan fingerprint density at radius 2 is 1.67 bits per heavy atom. The van der Waals surface area contributed by atoms with Gasteiger partial charge in [0.1, 0.15) is 30.2 Å². The standard InChI is InChI=1S/C20H29NO9/c1-10(24)21-11-2-4-12(5-3-11)28-16-7-6-13(14(8-22)29-16)20-19(27)18(26)17(25)15(9-23)30-20/h2-5,13-20,22-23,25-27H,6-9H2,1H3,(H,21,24)/t13?,14?,15?,16-,17+,18?,19+,20?/m0/s1. The predicted molar refractivity (Wildman–Crippen MR) is 104 cm³/mol. The van der Waals surface area contributed by atoms with Crippen LogP contribution in [-0.4, -0.2) is 87.6 Å². The van der Waals surface area contributed by atoms with E-state index in [0.717, 1.165) is 0 Å². The maximum absolute atomic E-state index is 11.1. The molecular weight excluding hydrogens is 398 g/mol. The summed E-state index contributed by atoms with van der Waals surface area (Å²) in [5.74, 6) is -0.121. The maximum atomic E-state index is 11.1. The van der Waals surface area contributed by atoms with Gasteiger partial charge in [0.05, 0.1) is 25.4 Å². The molecule has 8 atom stereocenters. The molecule has 1 aromatic carbocycles. The lowest BCUT2D eigenvalue weighted by Crippen LogP contribution is -2.62. The molecule has 2 fully saturated rings. The lowest BCUT2D eigenvalue weighted by atomic mass is 9.81. The number of aliphatic hydroxyl groups excluding tert-OH is 5. The fraction of sp³-hybridized carbons (Fsp3) is 0.650. The van der Waals surface area contributed by atoms with Crippen LogP contribution in [0.1, 0.15) is 19.8 Å². The van der Waals surface area contributed by atoms with Gasteiger partial charge in [0.15, 0.2) is 6.29 Å². The molecule has 2 aliphatic rings. The molecule has 0 saturated carbocycles. The number of hydrogen-bond donors (Lipinski definition) is 6. The number of amides is 1. The summed E-state index contributed by atoms with van der Waals surface area (Å²) in [6, 6.07) is 6.76. The number of nitrogens with one attached hydrogen (secondary N) is 1. The molecule has 2 heterocycles. The Kier molecular flexibility index (Phi) is 7.64. The minimum atomic E-state index is -1.48. The molecule has 0 aromatic heterocycles. The highest BCUT2D eigenvalue weighted by molar-refractivity contribution is 5.88. The third kappa shape index (κ3) is 5.09. The van der Waals surface area contributed by atoms with Crippen LogP contribution in [0.25, 0.3) is 0 Å². The first-order chi connectivity index (χ1) is 14.3. The van der Waals surface area contributed by atoms with Crippen LogP contribution >= 0.6 is 0 Å². The van der Waals surface area contributed by atoms with E-state index in [1.165, 1.54) is 6.92 Å². The van der Waals surface area contributed by atoms with Crippen LogP contribution in [0.3, 0.4) is 0 Å². The van der Waals surface area contributed by atoms with E-state index in [4.69, 9.17) is 14.2 Å². The summed E-state index contributed by atoms with van der Waals surface area (Å²) in [7, 11) is 0. The fourth-order valence-corrected chi connectivity index (χ4v) is 3.98. The van der Waals surface area contributed by atoms with Crippen molar-refractivity contribution >= 4 is 11.6 Å². The van der Waals surface area contributed by atoms with Crippen molar-refractivity contribution in [3.63, 3.8) is 0 Å². The number of aliphatic hydroxyl groups is 5. The molecule has 168 valence electrons. The third-order valence-corrected chi connectivity index (χ3v) is 5.51.